The second kappa shape index (κ2) is 7.55. The molecule has 1 amide bonds. The third-order valence-electron chi connectivity index (χ3n) is 2.76. The minimum atomic E-state index is -0.695. The van der Waals surface area contributed by atoms with E-state index in [0.29, 0.717) is 23.6 Å². The third kappa shape index (κ3) is 4.28. The molecule has 1 rings (SSSR count). The first-order chi connectivity index (χ1) is 9.49. The van der Waals surface area contributed by atoms with Crippen LogP contribution in [0.3, 0.4) is 0 Å². The molecule has 0 radical (unpaired) electrons. The van der Waals surface area contributed by atoms with Crippen molar-refractivity contribution in [2.24, 2.45) is 0 Å². The largest absolute Gasteiger partial charge is 0.497 e. The Morgan fingerprint density at radius 3 is 2.75 bits per heavy atom. The predicted octanol–water partition coefficient (Wildman–Crippen LogP) is 1.82. The summed E-state index contributed by atoms with van der Waals surface area (Å²) in [6.07, 6.45) is 0.219. The minimum absolute atomic E-state index is 0.246. The molecule has 0 spiro atoms. The molecule has 1 aromatic carbocycles. The van der Waals surface area contributed by atoms with E-state index < -0.39 is 12.2 Å². The highest BCUT2D eigenvalue weighted by atomic mass is 16.5. The SMILES string of the molecule is C=CCNC(=O)C(C)Oc1cc(OC)ccc1[C@H](C)O. The highest BCUT2D eigenvalue weighted by molar-refractivity contribution is 5.80. The van der Waals surface area contributed by atoms with Crippen molar-refractivity contribution >= 4 is 5.91 Å². The molecule has 5 nitrogen and oxygen atoms in total. The zero-order chi connectivity index (χ0) is 15.1. The van der Waals surface area contributed by atoms with E-state index in [-0.39, 0.29) is 5.91 Å². The lowest BCUT2D eigenvalue weighted by molar-refractivity contribution is -0.127. The number of methoxy groups -OCH3 is 1. The molecule has 0 fully saturated rings. The summed E-state index contributed by atoms with van der Waals surface area (Å²) in [5.41, 5.74) is 0.606. The number of carbonyl (C=O) groups excluding carboxylic acids is 1. The van der Waals surface area contributed by atoms with E-state index in [1.807, 2.05) is 0 Å². The zero-order valence-electron chi connectivity index (χ0n) is 12.1. The van der Waals surface area contributed by atoms with Gasteiger partial charge in [-0.25, -0.2) is 0 Å². The zero-order valence-corrected chi connectivity index (χ0v) is 12.1. The van der Waals surface area contributed by atoms with Crippen LogP contribution < -0.4 is 14.8 Å². The van der Waals surface area contributed by atoms with Crippen LogP contribution in [0.1, 0.15) is 25.5 Å². The Hall–Kier alpha value is -2.01. The summed E-state index contributed by atoms with van der Waals surface area (Å²) in [6.45, 7) is 7.19. The van der Waals surface area contributed by atoms with E-state index in [1.54, 1.807) is 45.2 Å². The van der Waals surface area contributed by atoms with Crippen molar-refractivity contribution < 1.29 is 19.4 Å². The Kier molecular flexibility index (Phi) is 6.06. The van der Waals surface area contributed by atoms with E-state index in [2.05, 4.69) is 11.9 Å². The Bertz CT molecular complexity index is 471. The van der Waals surface area contributed by atoms with Crippen LogP contribution in [-0.4, -0.2) is 30.8 Å². The summed E-state index contributed by atoms with van der Waals surface area (Å²) in [7, 11) is 1.54. The van der Waals surface area contributed by atoms with Gasteiger partial charge in [0.05, 0.1) is 13.2 Å². The van der Waals surface area contributed by atoms with Gasteiger partial charge in [0.2, 0.25) is 0 Å². The van der Waals surface area contributed by atoms with E-state index in [1.165, 1.54) is 0 Å². The fourth-order valence-electron chi connectivity index (χ4n) is 1.65. The molecule has 2 atom stereocenters. The summed E-state index contributed by atoms with van der Waals surface area (Å²) in [5.74, 6) is 0.785. The smallest absolute Gasteiger partial charge is 0.261 e. The molecule has 0 aliphatic rings. The van der Waals surface area contributed by atoms with Gasteiger partial charge in [0.25, 0.3) is 5.91 Å². The van der Waals surface area contributed by atoms with Crippen LogP contribution in [0.15, 0.2) is 30.9 Å². The number of aliphatic hydroxyl groups excluding tert-OH is 1. The number of hydrogen-bond acceptors (Lipinski definition) is 4. The normalized spacial score (nSPS) is 13.2. The molecule has 110 valence electrons. The number of ether oxygens (including phenoxy) is 2. The molecule has 0 saturated heterocycles. The lowest BCUT2D eigenvalue weighted by atomic mass is 10.1. The summed E-state index contributed by atoms with van der Waals surface area (Å²) in [4.78, 5) is 11.8. The van der Waals surface area contributed by atoms with Gasteiger partial charge in [-0.05, 0) is 26.0 Å². The van der Waals surface area contributed by atoms with Crippen molar-refractivity contribution in [2.75, 3.05) is 13.7 Å². The molecule has 1 aromatic rings. The highest BCUT2D eigenvalue weighted by Crippen LogP contribution is 2.30. The number of amides is 1. The van der Waals surface area contributed by atoms with Crippen molar-refractivity contribution in [3.63, 3.8) is 0 Å². The first-order valence-corrected chi connectivity index (χ1v) is 6.40. The number of hydrogen-bond donors (Lipinski definition) is 2. The Morgan fingerprint density at radius 1 is 1.50 bits per heavy atom. The molecule has 0 bridgehead atoms. The molecular weight excluding hydrogens is 258 g/mol. The molecule has 0 aliphatic heterocycles. The van der Waals surface area contributed by atoms with Crippen LogP contribution in [0.4, 0.5) is 0 Å². The molecule has 0 heterocycles. The van der Waals surface area contributed by atoms with Crippen LogP contribution in [0.5, 0.6) is 11.5 Å². The van der Waals surface area contributed by atoms with Crippen molar-refractivity contribution in [1.29, 1.82) is 0 Å². The Balaban J connectivity index is 2.88. The molecular formula is C15H21NO4. The summed E-state index contributed by atoms with van der Waals surface area (Å²) in [5, 5.41) is 12.4. The number of aliphatic hydroxyl groups is 1. The minimum Gasteiger partial charge on any atom is -0.497 e. The predicted molar refractivity (Wildman–Crippen MR) is 76.9 cm³/mol. The number of rotatable bonds is 7. The van der Waals surface area contributed by atoms with Crippen LogP contribution >= 0.6 is 0 Å². The molecule has 0 aromatic heterocycles. The third-order valence-corrected chi connectivity index (χ3v) is 2.76. The van der Waals surface area contributed by atoms with Crippen molar-refractivity contribution in [1.82, 2.24) is 5.32 Å². The fourth-order valence-corrected chi connectivity index (χ4v) is 1.65. The maximum absolute atomic E-state index is 11.8. The van der Waals surface area contributed by atoms with Crippen molar-refractivity contribution in [3.8, 4) is 11.5 Å². The van der Waals surface area contributed by atoms with Gasteiger partial charge in [-0.3, -0.25) is 4.79 Å². The Morgan fingerprint density at radius 2 is 2.20 bits per heavy atom. The van der Waals surface area contributed by atoms with Gasteiger partial charge in [0, 0.05) is 18.2 Å². The van der Waals surface area contributed by atoms with Gasteiger partial charge >= 0.3 is 0 Å². The molecule has 2 N–H and O–H groups in total. The second-order valence-electron chi connectivity index (χ2n) is 4.37. The Labute approximate surface area is 119 Å². The lowest BCUT2D eigenvalue weighted by Gasteiger charge is -2.18. The van der Waals surface area contributed by atoms with Crippen LogP contribution in [0, 0.1) is 0 Å². The highest BCUT2D eigenvalue weighted by Gasteiger charge is 2.18. The fraction of sp³-hybridized carbons (Fsp3) is 0.400. The summed E-state index contributed by atoms with van der Waals surface area (Å²) in [6, 6.07) is 5.10. The van der Waals surface area contributed by atoms with Gasteiger partial charge in [0.1, 0.15) is 11.5 Å². The maximum atomic E-state index is 11.8. The van der Waals surface area contributed by atoms with Crippen molar-refractivity contribution in [3.05, 3.63) is 36.4 Å². The van der Waals surface area contributed by atoms with Gasteiger partial charge in [-0.15, -0.1) is 6.58 Å². The molecule has 20 heavy (non-hydrogen) atoms. The van der Waals surface area contributed by atoms with Crippen LogP contribution in [0.25, 0.3) is 0 Å². The first-order valence-electron chi connectivity index (χ1n) is 6.40. The maximum Gasteiger partial charge on any atom is 0.261 e. The summed E-state index contributed by atoms with van der Waals surface area (Å²) >= 11 is 0. The summed E-state index contributed by atoms with van der Waals surface area (Å²) < 4.78 is 10.7. The molecule has 5 heteroatoms. The van der Waals surface area contributed by atoms with Gasteiger partial charge in [0.15, 0.2) is 6.10 Å². The number of benzene rings is 1. The van der Waals surface area contributed by atoms with Gasteiger partial charge in [-0.1, -0.05) is 6.08 Å². The van der Waals surface area contributed by atoms with Gasteiger partial charge in [-0.2, -0.15) is 0 Å². The average molecular weight is 279 g/mol. The van der Waals surface area contributed by atoms with E-state index in [4.69, 9.17) is 9.47 Å². The number of carbonyl (C=O) groups is 1. The standard InChI is InChI=1S/C15H21NO4/c1-5-8-16-15(18)11(3)20-14-9-12(19-4)6-7-13(14)10(2)17/h5-7,9-11,17H,1,8H2,2-4H3,(H,16,18)/t10-,11?/m0/s1. The second-order valence-corrected chi connectivity index (χ2v) is 4.37. The van der Waals surface area contributed by atoms with E-state index >= 15 is 0 Å². The van der Waals surface area contributed by atoms with E-state index in [9.17, 15) is 9.90 Å². The molecule has 0 aliphatic carbocycles. The first kappa shape index (κ1) is 16.0. The van der Waals surface area contributed by atoms with Crippen molar-refractivity contribution in [2.45, 2.75) is 26.1 Å². The molecule has 0 saturated carbocycles. The topological polar surface area (TPSA) is 67.8 Å². The van der Waals surface area contributed by atoms with Gasteiger partial charge < -0.3 is 19.9 Å². The molecule has 1 unspecified atom stereocenters. The quantitative estimate of drug-likeness (QED) is 0.747. The average Bonchev–Trinajstić information content (AvgIpc) is 2.44. The lowest BCUT2D eigenvalue weighted by Crippen LogP contribution is -2.36. The number of nitrogens with one attached hydrogen (secondary N) is 1. The van der Waals surface area contributed by atoms with E-state index in [0.717, 1.165) is 0 Å². The monoisotopic (exact) mass is 279 g/mol. The van der Waals surface area contributed by atoms with Crippen LogP contribution in [0.2, 0.25) is 0 Å². The van der Waals surface area contributed by atoms with Crippen LogP contribution in [-0.2, 0) is 4.79 Å².